The number of fused-ring (bicyclic) bond motifs is 3. The Bertz CT molecular complexity index is 955. The monoisotopic (exact) mass is 479 g/mol. The lowest BCUT2D eigenvalue weighted by molar-refractivity contribution is -0.149. The van der Waals surface area contributed by atoms with E-state index < -0.39 is 11.7 Å². The summed E-state index contributed by atoms with van der Waals surface area (Å²) in [6.07, 6.45) is 2.95. The van der Waals surface area contributed by atoms with Gasteiger partial charge in [0.25, 0.3) is 0 Å². The van der Waals surface area contributed by atoms with Gasteiger partial charge in [-0.15, -0.1) is 0 Å². The van der Waals surface area contributed by atoms with E-state index in [0.717, 1.165) is 57.9 Å². The molecule has 4 heterocycles. The lowest BCUT2D eigenvalue weighted by Gasteiger charge is -2.46. The van der Waals surface area contributed by atoms with Gasteiger partial charge in [0.15, 0.2) is 0 Å². The standard InChI is InChI=1S/C25H32F3N3O3/c26-25(27,28)18-10-16-14-30(6-3-20(16)29-13-18)23(32)24-5-1-2-17(24)11-19(12-24)31-7-9-34-22-15-33-8-4-21(22)31/h10,13,17,19,21-22H,1-9,11-12,14-15H2/t17-,19-,21-,22+,24-/m1/s1. The Labute approximate surface area is 197 Å². The second-order valence-corrected chi connectivity index (χ2v) is 10.7. The Hall–Kier alpha value is -1.71. The van der Waals surface area contributed by atoms with Crippen LogP contribution in [0.1, 0.15) is 55.3 Å². The molecule has 1 amide bonds. The van der Waals surface area contributed by atoms with Crippen molar-refractivity contribution < 1.29 is 27.4 Å². The molecule has 0 bridgehead atoms. The van der Waals surface area contributed by atoms with E-state index in [9.17, 15) is 18.0 Å². The minimum atomic E-state index is -4.43. The van der Waals surface area contributed by atoms with E-state index in [2.05, 4.69) is 9.88 Å². The highest BCUT2D eigenvalue weighted by Gasteiger charge is 2.58. The van der Waals surface area contributed by atoms with Crippen molar-refractivity contribution in [1.29, 1.82) is 0 Å². The third-order valence-electron chi connectivity index (χ3n) is 9.04. The van der Waals surface area contributed by atoms with Gasteiger partial charge in [-0.25, -0.2) is 0 Å². The number of aromatic nitrogens is 1. The van der Waals surface area contributed by atoms with Crippen LogP contribution in [0.3, 0.4) is 0 Å². The number of pyridine rings is 1. The summed E-state index contributed by atoms with van der Waals surface area (Å²) in [5.41, 5.74) is 0.0986. The Morgan fingerprint density at radius 3 is 2.94 bits per heavy atom. The van der Waals surface area contributed by atoms with E-state index in [0.29, 0.717) is 55.4 Å². The molecule has 1 aromatic heterocycles. The number of halogens is 3. The normalized spacial score (nSPS) is 36.1. The zero-order valence-corrected chi connectivity index (χ0v) is 19.4. The average molecular weight is 480 g/mol. The highest BCUT2D eigenvalue weighted by Crippen LogP contribution is 2.57. The summed E-state index contributed by atoms with van der Waals surface area (Å²) in [6.45, 7) is 3.74. The van der Waals surface area contributed by atoms with Gasteiger partial charge in [0.1, 0.15) is 0 Å². The van der Waals surface area contributed by atoms with Crippen molar-refractivity contribution in [3.8, 4) is 0 Å². The van der Waals surface area contributed by atoms with Gasteiger partial charge < -0.3 is 14.4 Å². The fourth-order valence-corrected chi connectivity index (χ4v) is 7.45. The van der Waals surface area contributed by atoms with Crippen LogP contribution < -0.4 is 0 Å². The molecule has 0 unspecified atom stereocenters. The molecular weight excluding hydrogens is 447 g/mol. The molecule has 0 radical (unpaired) electrons. The predicted octanol–water partition coefficient (Wildman–Crippen LogP) is 3.42. The second-order valence-electron chi connectivity index (χ2n) is 10.7. The van der Waals surface area contributed by atoms with Crippen molar-refractivity contribution in [1.82, 2.24) is 14.8 Å². The molecule has 5 atom stereocenters. The molecule has 1 aromatic rings. The zero-order chi connectivity index (χ0) is 23.5. The first-order valence-corrected chi connectivity index (χ1v) is 12.6. The lowest BCUT2D eigenvalue weighted by Crippen LogP contribution is -2.58. The van der Waals surface area contributed by atoms with Crippen molar-refractivity contribution in [2.24, 2.45) is 11.3 Å². The number of amides is 1. The highest BCUT2D eigenvalue weighted by molar-refractivity contribution is 5.84. The number of carbonyl (C=O) groups is 1. The summed E-state index contributed by atoms with van der Waals surface area (Å²) in [6, 6.07) is 1.90. The molecule has 2 aliphatic carbocycles. The fourth-order valence-electron chi connectivity index (χ4n) is 7.45. The number of morpholine rings is 1. The van der Waals surface area contributed by atoms with Crippen LogP contribution in [0.4, 0.5) is 13.2 Å². The first kappa shape index (κ1) is 22.7. The lowest BCUT2D eigenvalue weighted by atomic mass is 9.78. The van der Waals surface area contributed by atoms with Gasteiger partial charge >= 0.3 is 6.18 Å². The van der Waals surface area contributed by atoms with E-state index >= 15 is 0 Å². The Morgan fingerprint density at radius 2 is 2.09 bits per heavy atom. The Kier molecular flexibility index (Phi) is 5.65. The third-order valence-corrected chi connectivity index (χ3v) is 9.04. The van der Waals surface area contributed by atoms with Gasteiger partial charge in [0.2, 0.25) is 5.91 Å². The molecule has 6 nitrogen and oxygen atoms in total. The Balaban J connectivity index is 1.21. The number of carbonyl (C=O) groups excluding carboxylic acids is 1. The van der Waals surface area contributed by atoms with Gasteiger partial charge in [-0.2, -0.15) is 13.2 Å². The van der Waals surface area contributed by atoms with Crippen LogP contribution in [-0.4, -0.2) is 71.8 Å². The molecule has 2 saturated heterocycles. The minimum Gasteiger partial charge on any atom is -0.379 e. The quantitative estimate of drug-likeness (QED) is 0.651. The number of alkyl halides is 3. The summed E-state index contributed by atoms with van der Waals surface area (Å²) in [4.78, 5) is 22.5. The van der Waals surface area contributed by atoms with Crippen LogP contribution in [0, 0.1) is 11.3 Å². The summed E-state index contributed by atoms with van der Waals surface area (Å²) >= 11 is 0. The molecule has 0 N–H and O–H groups in total. The maximum Gasteiger partial charge on any atom is 0.417 e. The van der Waals surface area contributed by atoms with Gasteiger partial charge in [-0.3, -0.25) is 14.7 Å². The zero-order valence-electron chi connectivity index (χ0n) is 19.4. The molecule has 186 valence electrons. The van der Waals surface area contributed by atoms with Crippen molar-refractivity contribution in [3.05, 3.63) is 29.1 Å². The maximum atomic E-state index is 14.0. The maximum absolute atomic E-state index is 14.0. The van der Waals surface area contributed by atoms with Gasteiger partial charge in [-0.1, -0.05) is 6.42 Å². The molecule has 34 heavy (non-hydrogen) atoms. The number of hydrogen-bond donors (Lipinski definition) is 0. The molecule has 5 aliphatic rings. The van der Waals surface area contributed by atoms with Crippen LogP contribution >= 0.6 is 0 Å². The summed E-state index contributed by atoms with van der Waals surface area (Å²) in [5.74, 6) is 0.504. The number of nitrogens with zero attached hydrogens (tertiary/aromatic N) is 3. The van der Waals surface area contributed by atoms with Crippen LogP contribution in [0.2, 0.25) is 0 Å². The van der Waals surface area contributed by atoms with E-state index in [1.54, 1.807) is 0 Å². The Morgan fingerprint density at radius 1 is 1.21 bits per heavy atom. The third kappa shape index (κ3) is 3.75. The number of ether oxygens (including phenoxy) is 2. The molecule has 6 rings (SSSR count). The molecule has 3 aliphatic heterocycles. The molecular formula is C25H32F3N3O3. The molecule has 2 saturated carbocycles. The van der Waals surface area contributed by atoms with Gasteiger partial charge in [0, 0.05) is 56.6 Å². The summed E-state index contributed by atoms with van der Waals surface area (Å²) < 4.78 is 51.3. The van der Waals surface area contributed by atoms with E-state index in [-0.39, 0.29) is 24.0 Å². The van der Waals surface area contributed by atoms with E-state index in [1.165, 1.54) is 6.07 Å². The number of rotatable bonds is 2. The fraction of sp³-hybridized carbons (Fsp3) is 0.760. The van der Waals surface area contributed by atoms with Crippen molar-refractivity contribution in [2.75, 3.05) is 32.9 Å². The van der Waals surface area contributed by atoms with Gasteiger partial charge in [0.05, 0.1) is 30.3 Å². The topological polar surface area (TPSA) is 54.9 Å². The second kappa shape index (κ2) is 8.45. The molecule has 0 aromatic carbocycles. The van der Waals surface area contributed by atoms with Gasteiger partial charge in [-0.05, 0) is 49.7 Å². The molecule has 4 fully saturated rings. The van der Waals surface area contributed by atoms with Crippen LogP contribution in [0.25, 0.3) is 0 Å². The molecule has 9 heteroatoms. The summed E-state index contributed by atoms with van der Waals surface area (Å²) in [5, 5.41) is 0. The minimum absolute atomic E-state index is 0.114. The van der Waals surface area contributed by atoms with Crippen molar-refractivity contribution in [2.45, 2.75) is 75.9 Å². The SMILES string of the molecule is O=C(N1CCc2ncc(C(F)(F)F)cc2C1)[C@@]12CCC[C@@H]1C[C@@H](N1CCO[C@H]3COCC[C@H]31)C2. The summed E-state index contributed by atoms with van der Waals surface area (Å²) in [7, 11) is 0. The smallest absolute Gasteiger partial charge is 0.379 e. The van der Waals surface area contributed by atoms with Crippen LogP contribution in [0.5, 0.6) is 0 Å². The molecule has 0 spiro atoms. The number of hydrogen-bond acceptors (Lipinski definition) is 5. The average Bonchev–Trinajstić information content (AvgIpc) is 3.40. The van der Waals surface area contributed by atoms with Crippen molar-refractivity contribution >= 4 is 5.91 Å². The first-order valence-electron chi connectivity index (χ1n) is 12.6. The van der Waals surface area contributed by atoms with Crippen LogP contribution in [-0.2, 0) is 33.4 Å². The van der Waals surface area contributed by atoms with E-state index in [1.807, 2.05) is 4.90 Å². The highest BCUT2D eigenvalue weighted by atomic mass is 19.4. The van der Waals surface area contributed by atoms with Crippen molar-refractivity contribution in [3.63, 3.8) is 0 Å². The van der Waals surface area contributed by atoms with E-state index in [4.69, 9.17) is 9.47 Å². The largest absolute Gasteiger partial charge is 0.417 e. The van der Waals surface area contributed by atoms with Crippen LogP contribution in [0.15, 0.2) is 12.3 Å². The predicted molar refractivity (Wildman–Crippen MR) is 117 cm³/mol. The first-order chi connectivity index (χ1) is 16.3.